The third-order valence-electron chi connectivity index (χ3n) is 20.0. The minimum absolute atomic E-state index is 0.00168. The van der Waals surface area contributed by atoms with Crippen molar-refractivity contribution >= 4 is 81.2 Å². The van der Waals surface area contributed by atoms with E-state index >= 15 is 9.18 Å². The molecule has 20 nitrogen and oxygen atoms in total. The molecule has 3 aromatic carbocycles. The molecule has 8 heterocycles. The number of nitrogens with zero attached hydrogens (tertiary/aromatic N) is 8. The van der Waals surface area contributed by atoms with Crippen molar-refractivity contribution in [3.05, 3.63) is 106 Å². The molecule has 2 aliphatic carbocycles. The van der Waals surface area contributed by atoms with Gasteiger partial charge in [0.2, 0.25) is 29.5 Å². The zero-order chi connectivity index (χ0) is 61.4. The molecule has 460 valence electrons. The number of hydrogen-bond acceptors (Lipinski definition) is 13. The minimum atomic E-state index is -1.06. The van der Waals surface area contributed by atoms with Crippen molar-refractivity contribution in [2.24, 2.45) is 5.92 Å². The first kappa shape index (κ1) is 58.7. The number of hydrogen-bond donors (Lipinski definition) is 4. The van der Waals surface area contributed by atoms with Crippen LogP contribution in [0.2, 0.25) is 0 Å². The monoisotopic (exact) mass is 1200 g/mol. The first-order chi connectivity index (χ1) is 42.3. The van der Waals surface area contributed by atoms with Crippen molar-refractivity contribution in [1.29, 1.82) is 0 Å². The van der Waals surface area contributed by atoms with Crippen LogP contribution in [0.3, 0.4) is 0 Å². The van der Waals surface area contributed by atoms with Crippen LogP contribution >= 0.6 is 0 Å². The van der Waals surface area contributed by atoms with E-state index in [1.165, 1.54) is 31.4 Å². The Morgan fingerprint density at radius 2 is 1.55 bits per heavy atom. The van der Waals surface area contributed by atoms with Gasteiger partial charge in [0.05, 0.1) is 39.8 Å². The fraction of sp³-hybridized carbons (Fsp3) is 0.493. The maximum atomic E-state index is 16.0. The van der Waals surface area contributed by atoms with E-state index in [0.717, 1.165) is 47.6 Å². The molecule has 8 aliphatic rings. The molecule has 88 heavy (non-hydrogen) atoms. The van der Waals surface area contributed by atoms with Crippen molar-refractivity contribution in [2.75, 3.05) is 54.8 Å². The molecule has 5 fully saturated rings. The average molecular weight is 1200 g/mol. The van der Waals surface area contributed by atoms with Gasteiger partial charge in [-0.1, -0.05) is 30.7 Å². The number of nitrogens with one attached hydrogen (secondary N) is 4. The lowest BCUT2D eigenvalue weighted by Gasteiger charge is -2.48. The summed E-state index contributed by atoms with van der Waals surface area (Å²) in [6, 6.07) is 15.2. The van der Waals surface area contributed by atoms with Crippen molar-refractivity contribution in [2.45, 2.75) is 166 Å². The lowest BCUT2D eigenvalue weighted by molar-refractivity contribution is -0.137. The summed E-state index contributed by atoms with van der Waals surface area (Å²) in [5.74, 6) is -2.82. The van der Waals surface area contributed by atoms with Crippen LogP contribution in [0.15, 0.2) is 72.6 Å². The highest BCUT2D eigenvalue weighted by Crippen LogP contribution is 2.53. The molecular weight excluding hydrogens is 1120 g/mol. The van der Waals surface area contributed by atoms with E-state index < -0.39 is 40.9 Å². The molecule has 1 spiro atoms. The van der Waals surface area contributed by atoms with Crippen molar-refractivity contribution < 1.29 is 42.7 Å². The van der Waals surface area contributed by atoms with Crippen LogP contribution in [0.1, 0.15) is 166 Å². The molecule has 2 saturated carbocycles. The van der Waals surface area contributed by atoms with Gasteiger partial charge in [0.1, 0.15) is 17.4 Å². The number of benzene rings is 3. The Labute approximate surface area is 511 Å². The number of pyridine rings is 1. The normalized spacial score (nSPS) is 23.8. The molecule has 1 unspecified atom stereocenters. The molecule has 13 rings (SSSR count). The Hall–Kier alpha value is -8.33. The van der Waals surface area contributed by atoms with Gasteiger partial charge in [-0.2, -0.15) is 0 Å². The number of imide groups is 2. The molecule has 8 amide bonds. The van der Waals surface area contributed by atoms with Gasteiger partial charge in [0.15, 0.2) is 5.82 Å². The average Bonchev–Trinajstić information content (AvgIpc) is 1.57. The summed E-state index contributed by atoms with van der Waals surface area (Å²) in [4.78, 5) is 128. The molecule has 2 aromatic heterocycles. The Balaban J connectivity index is 0.688. The van der Waals surface area contributed by atoms with Crippen LogP contribution in [0.4, 0.5) is 27.3 Å². The predicted molar refractivity (Wildman–Crippen MR) is 329 cm³/mol. The number of anilines is 4. The zero-order valence-electron chi connectivity index (χ0n) is 50.8. The Bertz CT molecular complexity index is 3750. The van der Waals surface area contributed by atoms with E-state index in [9.17, 15) is 33.6 Å². The largest absolute Gasteiger partial charge is 0.382 e. The van der Waals surface area contributed by atoms with Crippen LogP contribution in [0.25, 0.3) is 22.3 Å². The molecule has 21 heteroatoms. The Morgan fingerprint density at radius 1 is 0.784 bits per heavy atom. The highest BCUT2D eigenvalue weighted by atomic mass is 19.1. The Kier molecular flexibility index (Phi) is 15.5. The number of amides is 8. The Morgan fingerprint density at radius 3 is 2.25 bits per heavy atom. The van der Waals surface area contributed by atoms with Crippen molar-refractivity contribution in [3.63, 3.8) is 0 Å². The number of imidazole rings is 1. The number of aryl methyl sites for hydroxylation is 1. The van der Waals surface area contributed by atoms with Crippen LogP contribution < -0.4 is 26.2 Å². The number of carbonyl (C=O) groups is 8. The van der Waals surface area contributed by atoms with Gasteiger partial charge in [0, 0.05) is 96.8 Å². The van der Waals surface area contributed by atoms with Crippen LogP contribution in [-0.4, -0.2) is 151 Å². The topological polar surface area (TPSA) is 232 Å². The number of carbonyl (C=O) groups excluding carboxylic acids is 8. The summed E-state index contributed by atoms with van der Waals surface area (Å²) >= 11 is 0. The van der Waals surface area contributed by atoms with E-state index in [-0.39, 0.29) is 83.4 Å². The number of piperidine rings is 3. The molecule has 4 N–H and O–H groups in total. The number of aromatic nitrogens is 3. The number of halogens is 1. The SMILES string of the molecule is Cc1cc(F)c(Nc2nc(-c3ccc4c(c3)N([C@H]3C[C@@H](N5CCCCC5)C3)C(=O)C43CCN(C(=O)C4=CCN(C(=O)[C@H]5CC[C@H](Nc6cccc7c6C(=O)N(C6CCC(=O)NC6=O)C7=O)CC5)CC4)CC3)cc3ncn(C(C)C)c23)cc1C(=O)NC(C)C. The summed E-state index contributed by atoms with van der Waals surface area (Å²) in [6.07, 6.45) is 13.1. The van der Waals surface area contributed by atoms with Gasteiger partial charge in [-0.15, -0.1) is 0 Å². The lowest BCUT2D eigenvalue weighted by atomic mass is 9.73. The zero-order valence-corrected chi connectivity index (χ0v) is 50.8. The molecule has 5 aromatic rings. The highest BCUT2D eigenvalue weighted by molar-refractivity contribution is 6.25. The second kappa shape index (κ2) is 23.3. The highest BCUT2D eigenvalue weighted by Gasteiger charge is 2.56. The number of fused-ring (bicyclic) bond motifs is 4. The summed E-state index contributed by atoms with van der Waals surface area (Å²) in [5, 5.41) is 11.9. The maximum absolute atomic E-state index is 16.0. The number of rotatable bonds is 13. The van der Waals surface area contributed by atoms with E-state index in [2.05, 4.69) is 43.2 Å². The second-order valence-corrected chi connectivity index (χ2v) is 26.2. The van der Waals surface area contributed by atoms with Crippen LogP contribution in [-0.2, 0) is 29.4 Å². The van der Waals surface area contributed by atoms with Crippen molar-refractivity contribution in [1.82, 2.24) is 44.8 Å². The maximum Gasteiger partial charge on any atom is 0.264 e. The first-order valence-electron chi connectivity index (χ1n) is 31.7. The molecule has 6 aliphatic heterocycles. The standard InChI is InChI=1S/C67H77FN12O8/c1-37(2)70-60(82)47-34-52(49(68)30-39(47)5)73-59-58-53(69-36-78(58)38(3)4)35-51(72-59)42-14-17-48-55(31-42)79(45-32-44(33-45)75-24-7-6-8-25-75)66(88)67(48)22-28-77(29-23-67)63(85)41-20-26-76(27-21-41)62(84)40-12-15-43(16-13-40)71-50-11-9-10-46-57(50)65(87)80(64(46)86)54-18-19-56(81)74-61(54)83/h9-11,14,17,20,30-31,34-38,40,43-45,54,71H,6-8,12-13,15-16,18-19,21-29,32-33H2,1-5H3,(H,70,82)(H,72,73)(H,74,81,83)/t40-,43-,44-,45+,54?. The molecular formula is C67H77FN12O8. The fourth-order valence-corrected chi connectivity index (χ4v) is 15.1. The van der Waals surface area contributed by atoms with Gasteiger partial charge in [-0.3, -0.25) is 48.6 Å². The number of likely N-dealkylation sites (tertiary alicyclic amines) is 2. The van der Waals surface area contributed by atoms with Gasteiger partial charge in [-0.25, -0.2) is 14.4 Å². The minimum Gasteiger partial charge on any atom is -0.382 e. The van der Waals surface area contributed by atoms with E-state index in [4.69, 9.17) is 9.97 Å². The molecule has 0 bridgehead atoms. The first-order valence-corrected chi connectivity index (χ1v) is 31.7. The smallest absolute Gasteiger partial charge is 0.264 e. The van der Waals surface area contributed by atoms with Gasteiger partial charge in [0.25, 0.3) is 17.7 Å². The lowest BCUT2D eigenvalue weighted by Crippen LogP contribution is -2.58. The van der Waals surface area contributed by atoms with E-state index in [1.807, 2.05) is 60.3 Å². The third kappa shape index (κ3) is 10.5. The van der Waals surface area contributed by atoms with Crippen LogP contribution in [0, 0.1) is 18.7 Å². The fourth-order valence-electron chi connectivity index (χ4n) is 15.1. The summed E-state index contributed by atoms with van der Waals surface area (Å²) in [6.45, 7) is 13.2. The van der Waals surface area contributed by atoms with Gasteiger partial charge in [-0.05, 0) is 172 Å². The van der Waals surface area contributed by atoms with Crippen LogP contribution in [0.5, 0.6) is 0 Å². The predicted octanol–water partition coefficient (Wildman–Crippen LogP) is 8.46. The molecule has 1 atom stereocenters. The molecule has 0 radical (unpaired) electrons. The summed E-state index contributed by atoms with van der Waals surface area (Å²) in [5.41, 5.74) is 6.22. The second-order valence-electron chi connectivity index (χ2n) is 26.2. The molecule has 3 saturated heterocycles. The third-order valence-corrected chi connectivity index (χ3v) is 20.0. The summed E-state index contributed by atoms with van der Waals surface area (Å²) in [7, 11) is 0. The quantitative estimate of drug-likeness (QED) is 0.0812. The van der Waals surface area contributed by atoms with E-state index in [0.29, 0.717) is 122 Å². The summed E-state index contributed by atoms with van der Waals surface area (Å²) < 4.78 is 18.0. The van der Waals surface area contributed by atoms with Crippen molar-refractivity contribution in [3.8, 4) is 11.3 Å². The van der Waals surface area contributed by atoms with Gasteiger partial charge >= 0.3 is 0 Å². The van der Waals surface area contributed by atoms with Gasteiger partial charge < -0.3 is 40.1 Å². The van der Waals surface area contributed by atoms with E-state index in [1.54, 1.807) is 31.5 Å².